The normalized spacial score (nSPS) is 22.9. The molecule has 35 heavy (non-hydrogen) atoms. The number of hydrogen-bond donors (Lipinski definition) is 0. The third-order valence-electron chi connectivity index (χ3n) is 5.31. The summed E-state index contributed by atoms with van der Waals surface area (Å²) < 4.78 is 38.9. The highest BCUT2D eigenvalue weighted by atomic mass is 35.6. The second-order valence-corrected chi connectivity index (χ2v) is 18.8. The van der Waals surface area contributed by atoms with Crippen molar-refractivity contribution >= 4 is 55.2 Å². The third-order valence-corrected chi connectivity index (χ3v) is 15.8. The summed E-state index contributed by atoms with van der Waals surface area (Å²) in [5.41, 5.74) is 0.448. The number of rotatable bonds is 8. The van der Waals surface area contributed by atoms with Gasteiger partial charge in [-0.05, 0) is 69.8 Å². The van der Waals surface area contributed by atoms with Crippen LogP contribution in [0, 0.1) is 0 Å². The number of hydrogen-bond acceptors (Lipinski definition) is 6. The molecule has 1 aliphatic heterocycles. The van der Waals surface area contributed by atoms with E-state index in [9.17, 15) is 9.46 Å². The van der Waals surface area contributed by atoms with E-state index in [0.717, 1.165) is 5.56 Å². The molecule has 0 N–H and O–H groups in total. The maximum atomic E-state index is 14.6. The molecule has 6 nitrogen and oxygen atoms in total. The van der Waals surface area contributed by atoms with Crippen LogP contribution in [-0.4, -0.2) is 25.9 Å². The lowest BCUT2D eigenvalue weighted by Crippen LogP contribution is -2.60. The van der Waals surface area contributed by atoms with Gasteiger partial charge in [0.15, 0.2) is 5.30 Å². The minimum atomic E-state index is -3.92. The van der Waals surface area contributed by atoms with Crippen LogP contribution in [0.4, 0.5) is 0 Å². The average Bonchev–Trinajstić information content (AvgIpc) is 2.93. The smallest absolute Gasteiger partial charge is 0.415 e. The lowest BCUT2D eigenvalue weighted by atomic mass is 9.87. The number of halogens is 1. The van der Waals surface area contributed by atoms with Crippen LogP contribution >= 0.6 is 26.6 Å². The zero-order valence-corrected chi connectivity index (χ0v) is 25.5. The molecule has 0 aromatic heterocycles. The molecule has 0 aliphatic carbocycles. The van der Waals surface area contributed by atoms with Gasteiger partial charge in [0.25, 0.3) is 7.94 Å². The molecule has 0 radical (unpaired) electrons. The highest BCUT2D eigenvalue weighted by Gasteiger charge is 2.64. The van der Waals surface area contributed by atoms with E-state index >= 15 is 0 Å². The van der Waals surface area contributed by atoms with Crippen molar-refractivity contribution in [3.05, 3.63) is 48.0 Å². The van der Waals surface area contributed by atoms with E-state index in [-0.39, 0.29) is 11.5 Å². The standard InChI is InChI=1S/C25H37ClO6P2Si/c1-17(2)29-33(27,30-18(3)4)22-15-20(25(7,8)9)16-23-24(22)35(26,21-13-11-10-12-14-21)32-34(23,28)31-19(5)6/h10-19H,1-9H3/t34?,35-/m1/s1. The van der Waals surface area contributed by atoms with Gasteiger partial charge in [-0.15, -0.1) is 11.1 Å². The molecule has 0 amide bonds. The lowest BCUT2D eigenvalue weighted by Gasteiger charge is -2.29. The number of benzene rings is 2. The first kappa shape index (κ1) is 29.0. The molecule has 0 saturated heterocycles. The summed E-state index contributed by atoms with van der Waals surface area (Å²) in [5.74, 6) is 0. The fourth-order valence-corrected chi connectivity index (χ4v) is 15.9. The van der Waals surface area contributed by atoms with Crippen molar-refractivity contribution in [3.63, 3.8) is 0 Å². The Morgan fingerprint density at radius 3 is 1.97 bits per heavy atom. The van der Waals surface area contributed by atoms with Crippen LogP contribution in [-0.2, 0) is 27.8 Å². The van der Waals surface area contributed by atoms with E-state index in [1.165, 1.54) is 0 Å². The van der Waals surface area contributed by atoms with E-state index in [4.69, 9.17) is 28.9 Å². The van der Waals surface area contributed by atoms with Crippen LogP contribution in [0.5, 0.6) is 0 Å². The first-order chi connectivity index (χ1) is 16.0. The van der Waals surface area contributed by atoms with Crippen LogP contribution < -0.4 is 25.9 Å². The maximum absolute atomic E-state index is 14.6. The van der Waals surface area contributed by atoms with Crippen LogP contribution in [0.2, 0.25) is 0 Å². The molecule has 1 aliphatic rings. The Morgan fingerprint density at radius 1 is 0.971 bits per heavy atom. The second-order valence-electron chi connectivity index (χ2n) is 10.6. The van der Waals surface area contributed by atoms with Gasteiger partial charge < -0.3 is 13.9 Å². The molecule has 0 saturated carbocycles. The summed E-state index contributed by atoms with van der Waals surface area (Å²) in [4.78, 5) is 14.4. The summed E-state index contributed by atoms with van der Waals surface area (Å²) in [6.45, 7) is 16.9. The average molecular weight is 559 g/mol. The first-order valence-corrected chi connectivity index (χ1v) is 17.9. The van der Waals surface area contributed by atoms with Crippen molar-refractivity contribution in [1.82, 2.24) is 0 Å². The molecule has 2 aromatic rings. The van der Waals surface area contributed by atoms with Crippen LogP contribution in [0.1, 0.15) is 67.9 Å². The second kappa shape index (κ2) is 10.3. The highest BCUT2D eigenvalue weighted by molar-refractivity contribution is 7.74. The van der Waals surface area contributed by atoms with E-state index in [2.05, 4.69) is 0 Å². The molecule has 1 unspecified atom stereocenters. The van der Waals surface area contributed by atoms with Crippen molar-refractivity contribution in [2.45, 2.75) is 86.0 Å². The molecule has 0 spiro atoms. The van der Waals surface area contributed by atoms with Crippen LogP contribution in [0.25, 0.3) is 0 Å². The topological polar surface area (TPSA) is 77.1 Å². The van der Waals surface area contributed by atoms with Gasteiger partial charge in [-0.25, -0.2) is 8.74 Å². The fraction of sp³-hybridized carbons (Fsp3) is 0.520. The van der Waals surface area contributed by atoms with Gasteiger partial charge in [-0.3, -0.25) is 4.57 Å². The Morgan fingerprint density at radius 2 is 1.51 bits per heavy atom. The van der Waals surface area contributed by atoms with Crippen molar-refractivity contribution < 1.29 is 27.2 Å². The van der Waals surface area contributed by atoms with Gasteiger partial charge in [0.1, 0.15) is 0 Å². The first-order valence-electron chi connectivity index (χ1n) is 11.9. The lowest BCUT2D eigenvalue weighted by molar-refractivity contribution is -0.208. The van der Waals surface area contributed by atoms with E-state index < -0.39 is 35.4 Å². The highest BCUT2D eigenvalue weighted by Crippen LogP contribution is 2.60. The molecular weight excluding hydrogens is 522 g/mol. The zero-order valence-electron chi connectivity index (χ0n) is 22.0. The molecule has 0 bridgehead atoms. The van der Waals surface area contributed by atoms with Crippen LogP contribution in [0.3, 0.4) is 0 Å². The molecule has 0 fully saturated rings. The Labute approximate surface area is 216 Å². The monoisotopic (exact) mass is 558 g/mol. The van der Waals surface area contributed by atoms with Gasteiger partial charge in [-0.2, -0.15) is 0 Å². The molecule has 10 heteroatoms. The molecular formula is C25H37ClO6P2Si. The summed E-state index contributed by atoms with van der Waals surface area (Å²) in [6.07, 6.45) is -1.17. The Bertz CT molecular complexity index is 1090. The van der Waals surface area contributed by atoms with Crippen molar-refractivity contribution in [2.75, 3.05) is 0 Å². The number of fused-ring (bicyclic) bond motifs is 1. The van der Waals surface area contributed by atoms with E-state index in [1.54, 1.807) is 41.5 Å². The Hall–Kier alpha value is -0.593. The van der Waals surface area contributed by atoms with Crippen LogP contribution in [0.15, 0.2) is 42.5 Å². The van der Waals surface area contributed by atoms with Gasteiger partial charge in [0, 0.05) is 0 Å². The predicted octanol–water partition coefficient (Wildman–Crippen LogP) is 4.65. The van der Waals surface area contributed by atoms with Gasteiger partial charge in [-0.1, -0.05) is 51.1 Å². The van der Waals surface area contributed by atoms with Gasteiger partial charge in [0.2, 0.25) is 0 Å². The van der Waals surface area contributed by atoms with Crippen molar-refractivity contribution in [2.24, 2.45) is 0 Å². The van der Waals surface area contributed by atoms with Crippen molar-refractivity contribution in [1.29, 1.82) is 0 Å². The molecule has 1 heterocycles. The molecule has 194 valence electrons. The van der Waals surface area contributed by atoms with E-state index in [1.807, 2.05) is 63.2 Å². The minimum Gasteiger partial charge on any atom is -0.628 e. The van der Waals surface area contributed by atoms with Crippen molar-refractivity contribution in [3.8, 4) is 0 Å². The summed E-state index contributed by atoms with van der Waals surface area (Å²) in [5, 5.41) is 1.77. The summed E-state index contributed by atoms with van der Waals surface area (Å²) in [6, 6.07) is 12.9. The largest absolute Gasteiger partial charge is 0.628 e. The predicted molar refractivity (Wildman–Crippen MR) is 146 cm³/mol. The summed E-state index contributed by atoms with van der Waals surface area (Å²) in [7, 11) is -11.5. The SMILES string of the molecule is CC(C)OP(=O)(OC(C)C)c1cc(C(C)(C)C)cc2c1[Si@@](Cl)(c1ccccc1)O[P+]2([O-])OC(C)C. The third kappa shape index (κ3) is 5.95. The van der Waals surface area contributed by atoms with Gasteiger partial charge >= 0.3 is 15.2 Å². The maximum Gasteiger partial charge on any atom is 0.415 e. The Kier molecular flexibility index (Phi) is 8.51. The zero-order chi connectivity index (χ0) is 26.4. The fourth-order valence-electron chi connectivity index (χ4n) is 3.97. The minimum absolute atomic E-state index is 0.304. The van der Waals surface area contributed by atoms with E-state index in [0.29, 0.717) is 21.0 Å². The van der Waals surface area contributed by atoms with Gasteiger partial charge in [0.05, 0.1) is 28.8 Å². The summed E-state index contributed by atoms with van der Waals surface area (Å²) >= 11 is 7.38. The Balaban J connectivity index is 2.48. The quantitative estimate of drug-likeness (QED) is 0.267. The molecule has 2 aromatic carbocycles. The molecule has 3 rings (SSSR count). The molecule has 2 atom stereocenters.